The van der Waals surface area contributed by atoms with Crippen LogP contribution < -0.4 is 4.74 Å². The molecule has 122 valence electrons. The third-order valence-corrected chi connectivity index (χ3v) is 5.18. The van der Waals surface area contributed by atoms with Crippen molar-refractivity contribution >= 4 is 0 Å². The molecule has 1 saturated heterocycles. The minimum absolute atomic E-state index is 0.261. The number of phenols is 1. The Morgan fingerprint density at radius 1 is 1.32 bits per heavy atom. The molecule has 2 atom stereocenters. The zero-order valence-corrected chi connectivity index (χ0v) is 14.2. The SMILES string of the molecule is COc1cc2c(cc1O)CCN1C[C@@H](CC(C)C)N(C)C[C@@H]21. The minimum Gasteiger partial charge on any atom is -0.504 e. The summed E-state index contributed by atoms with van der Waals surface area (Å²) < 4.78 is 5.31. The Hall–Kier alpha value is -1.26. The summed E-state index contributed by atoms with van der Waals surface area (Å²) in [6.45, 7) is 7.89. The van der Waals surface area contributed by atoms with Crippen LogP contribution in [0.3, 0.4) is 0 Å². The van der Waals surface area contributed by atoms with Crippen LogP contribution in [0.5, 0.6) is 11.5 Å². The van der Waals surface area contributed by atoms with Crippen molar-refractivity contribution in [3.05, 3.63) is 23.3 Å². The van der Waals surface area contributed by atoms with Crippen LogP contribution in [0, 0.1) is 5.92 Å². The van der Waals surface area contributed by atoms with Crippen LogP contribution in [-0.4, -0.2) is 54.7 Å². The molecule has 0 unspecified atom stereocenters. The number of fused-ring (bicyclic) bond motifs is 3. The highest BCUT2D eigenvalue weighted by Gasteiger charge is 2.36. The van der Waals surface area contributed by atoms with E-state index in [1.54, 1.807) is 7.11 Å². The Balaban J connectivity index is 1.86. The van der Waals surface area contributed by atoms with Crippen LogP contribution in [0.2, 0.25) is 0 Å². The zero-order valence-electron chi connectivity index (χ0n) is 14.2. The van der Waals surface area contributed by atoms with E-state index >= 15 is 0 Å². The largest absolute Gasteiger partial charge is 0.504 e. The van der Waals surface area contributed by atoms with Crippen molar-refractivity contribution < 1.29 is 9.84 Å². The third kappa shape index (κ3) is 2.82. The number of benzene rings is 1. The van der Waals surface area contributed by atoms with Gasteiger partial charge in [0.15, 0.2) is 11.5 Å². The van der Waals surface area contributed by atoms with E-state index < -0.39 is 0 Å². The van der Waals surface area contributed by atoms with Crippen molar-refractivity contribution in [1.29, 1.82) is 0 Å². The van der Waals surface area contributed by atoms with E-state index in [0.717, 1.165) is 32.0 Å². The summed E-state index contributed by atoms with van der Waals surface area (Å²) in [4.78, 5) is 5.13. The van der Waals surface area contributed by atoms with Gasteiger partial charge in [-0.1, -0.05) is 13.8 Å². The molecule has 2 heterocycles. The first-order valence-corrected chi connectivity index (χ1v) is 8.33. The summed E-state index contributed by atoms with van der Waals surface area (Å²) >= 11 is 0. The van der Waals surface area contributed by atoms with E-state index in [1.165, 1.54) is 17.5 Å². The highest BCUT2D eigenvalue weighted by atomic mass is 16.5. The van der Waals surface area contributed by atoms with Gasteiger partial charge in [0.25, 0.3) is 0 Å². The van der Waals surface area contributed by atoms with Gasteiger partial charge in [0, 0.05) is 31.7 Å². The number of methoxy groups -OCH3 is 1. The van der Waals surface area contributed by atoms with Crippen molar-refractivity contribution in [3.8, 4) is 11.5 Å². The lowest BCUT2D eigenvalue weighted by Gasteiger charge is -2.48. The highest BCUT2D eigenvalue weighted by Crippen LogP contribution is 2.39. The second-order valence-electron chi connectivity index (χ2n) is 7.21. The van der Waals surface area contributed by atoms with Crippen LogP contribution in [0.15, 0.2) is 12.1 Å². The minimum atomic E-state index is 0.261. The predicted molar refractivity (Wildman–Crippen MR) is 88.5 cm³/mol. The van der Waals surface area contributed by atoms with Crippen LogP contribution >= 0.6 is 0 Å². The van der Waals surface area contributed by atoms with Gasteiger partial charge in [0.05, 0.1) is 7.11 Å². The molecule has 1 aromatic rings. The predicted octanol–water partition coefficient (Wildman–Crippen LogP) is 2.66. The maximum absolute atomic E-state index is 10.0. The molecule has 4 nitrogen and oxygen atoms in total. The lowest BCUT2D eigenvalue weighted by atomic mass is 9.88. The first-order chi connectivity index (χ1) is 10.5. The van der Waals surface area contributed by atoms with Gasteiger partial charge in [-0.05, 0) is 49.1 Å². The fraction of sp³-hybridized carbons (Fsp3) is 0.667. The van der Waals surface area contributed by atoms with Gasteiger partial charge in [0.2, 0.25) is 0 Å². The molecule has 0 spiro atoms. The van der Waals surface area contributed by atoms with E-state index in [0.29, 0.717) is 17.8 Å². The number of rotatable bonds is 3. The first kappa shape index (κ1) is 15.6. The Labute approximate surface area is 133 Å². The molecule has 0 bridgehead atoms. The number of likely N-dealkylation sites (N-methyl/N-ethyl adjacent to an activating group) is 1. The second kappa shape index (κ2) is 6.09. The van der Waals surface area contributed by atoms with Gasteiger partial charge < -0.3 is 14.7 Å². The Morgan fingerprint density at radius 2 is 2.09 bits per heavy atom. The maximum atomic E-state index is 10.0. The van der Waals surface area contributed by atoms with E-state index in [1.807, 2.05) is 12.1 Å². The van der Waals surface area contributed by atoms with E-state index in [2.05, 4.69) is 30.7 Å². The van der Waals surface area contributed by atoms with Crippen LogP contribution in [0.25, 0.3) is 0 Å². The fourth-order valence-electron chi connectivity index (χ4n) is 4.00. The molecule has 2 aliphatic rings. The molecule has 4 heteroatoms. The first-order valence-electron chi connectivity index (χ1n) is 8.33. The van der Waals surface area contributed by atoms with E-state index in [-0.39, 0.29) is 5.75 Å². The standard InChI is InChI=1S/C18H28N2O2/c1-12(2)7-14-10-20-6-5-13-8-17(21)18(22-4)9-15(13)16(20)11-19(14)3/h8-9,12,14,16,21H,5-7,10-11H2,1-4H3/t14-,16+/m1/s1. The molecule has 0 aliphatic carbocycles. The zero-order chi connectivity index (χ0) is 15.9. The number of hydrogen-bond acceptors (Lipinski definition) is 4. The summed E-state index contributed by atoms with van der Waals surface area (Å²) in [5.74, 6) is 1.59. The molecule has 22 heavy (non-hydrogen) atoms. The molecular weight excluding hydrogens is 276 g/mol. The van der Waals surface area contributed by atoms with Gasteiger partial charge in [0.1, 0.15) is 0 Å². The summed E-state index contributed by atoms with van der Waals surface area (Å²) in [5, 5.41) is 10.0. The van der Waals surface area contributed by atoms with Crippen molar-refractivity contribution in [2.24, 2.45) is 5.92 Å². The number of phenolic OH excluding ortho intramolecular Hbond substituents is 1. The maximum Gasteiger partial charge on any atom is 0.160 e. The Kier molecular flexibility index (Phi) is 4.33. The van der Waals surface area contributed by atoms with Gasteiger partial charge in [-0.25, -0.2) is 0 Å². The van der Waals surface area contributed by atoms with Crippen molar-refractivity contribution in [1.82, 2.24) is 9.80 Å². The molecular formula is C18H28N2O2. The molecule has 0 aromatic heterocycles. The average molecular weight is 304 g/mol. The van der Waals surface area contributed by atoms with E-state index in [4.69, 9.17) is 4.74 Å². The Morgan fingerprint density at radius 3 is 2.77 bits per heavy atom. The van der Waals surface area contributed by atoms with E-state index in [9.17, 15) is 5.11 Å². The Bertz CT molecular complexity index is 544. The van der Waals surface area contributed by atoms with Crippen LogP contribution in [-0.2, 0) is 6.42 Å². The molecule has 1 fully saturated rings. The second-order valence-corrected chi connectivity index (χ2v) is 7.21. The van der Waals surface area contributed by atoms with Crippen molar-refractivity contribution in [2.75, 3.05) is 33.8 Å². The summed E-state index contributed by atoms with van der Waals surface area (Å²) in [7, 11) is 3.87. The van der Waals surface area contributed by atoms with Gasteiger partial charge >= 0.3 is 0 Å². The van der Waals surface area contributed by atoms with Crippen molar-refractivity contribution in [3.63, 3.8) is 0 Å². The molecule has 3 rings (SSSR count). The highest BCUT2D eigenvalue weighted by molar-refractivity contribution is 5.49. The van der Waals surface area contributed by atoms with Gasteiger partial charge in [-0.3, -0.25) is 4.90 Å². The molecule has 0 saturated carbocycles. The topological polar surface area (TPSA) is 35.9 Å². The summed E-state index contributed by atoms with van der Waals surface area (Å²) in [6.07, 6.45) is 2.27. The summed E-state index contributed by atoms with van der Waals surface area (Å²) in [6, 6.07) is 5.01. The number of hydrogen-bond donors (Lipinski definition) is 1. The monoisotopic (exact) mass is 304 g/mol. The summed E-state index contributed by atoms with van der Waals surface area (Å²) in [5.41, 5.74) is 2.60. The third-order valence-electron chi connectivity index (χ3n) is 5.18. The fourth-order valence-corrected chi connectivity index (χ4v) is 4.00. The molecule has 1 N–H and O–H groups in total. The normalized spacial score (nSPS) is 25.9. The quantitative estimate of drug-likeness (QED) is 0.931. The molecule has 0 radical (unpaired) electrons. The lowest BCUT2D eigenvalue weighted by molar-refractivity contribution is 0.0294. The number of aromatic hydroxyl groups is 1. The van der Waals surface area contributed by atoms with Crippen LogP contribution in [0.1, 0.15) is 37.4 Å². The molecule has 0 amide bonds. The molecule has 1 aromatic carbocycles. The average Bonchev–Trinajstić information content (AvgIpc) is 2.47. The smallest absolute Gasteiger partial charge is 0.160 e. The van der Waals surface area contributed by atoms with Gasteiger partial charge in [-0.2, -0.15) is 0 Å². The van der Waals surface area contributed by atoms with Gasteiger partial charge in [-0.15, -0.1) is 0 Å². The lowest BCUT2D eigenvalue weighted by Crippen LogP contribution is -2.55. The number of ether oxygens (including phenoxy) is 1. The van der Waals surface area contributed by atoms with Crippen molar-refractivity contribution in [2.45, 2.75) is 38.8 Å². The number of nitrogens with zero attached hydrogens (tertiary/aromatic N) is 2. The van der Waals surface area contributed by atoms with Crippen LogP contribution in [0.4, 0.5) is 0 Å². The molecule has 2 aliphatic heterocycles. The number of piperazine rings is 1.